The molecule has 142 valence electrons. The summed E-state index contributed by atoms with van der Waals surface area (Å²) >= 11 is 0. The SMILES string of the molecule is C=CCc1ccc(OCc2nnc3n(C)c(=O)c4ccccc4n23)c(OC)c1. The number of benzene rings is 2. The number of para-hydroxylation sites is 1. The predicted octanol–water partition coefficient (Wildman–Crippen LogP) is 2.90. The van der Waals surface area contributed by atoms with Gasteiger partial charge in [-0.15, -0.1) is 16.8 Å². The average molecular weight is 376 g/mol. The number of allylic oxidation sites excluding steroid dienone is 1. The van der Waals surface area contributed by atoms with Crippen LogP contribution in [0.3, 0.4) is 0 Å². The van der Waals surface area contributed by atoms with Crippen molar-refractivity contribution in [2.24, 2.45) is 7.05 Å². The summed E-state index contributed by atoms with van der Waals surface area (Å²) in [5.74, 6) is 2.32. The van der Waals surface area contributed by atoms with E-state index in [1.807, 2.05) is 46.9 Å². The summed E-state index contributed by atoms with van der Waals surface area (Å²) in [7, 11) is 3.29. The van der Waals surface area contributed by atoms with Crippen molar-refractivity contribution >= 4 is 16.7 Å². The topological polar surface area (TPSA) is 70.7 Å². The molecule has 7 nitrogen and oxygen atoms in total. The van der Waals surface area contributed by atoms with Gasteiger partial charge in [0.1, 0.15) is 6.61 Å². The summed E-state index contributed by atoms with van der Waals surface area (Å²) in [4.78, 5) is 12.5. The van der Waals surface area contributed by atoms with E-state index in [2.05, 4.69) is 16.8 Å². The molecule has 0 fully saturated rings. The Hall–Kier alpha value is -3.61. The Bertz CT molecular complexity index is 1240. The monoisotopic (exact) mass is 376 g/mol. The average Bonchev–Trinajstić information content (AvgIpc) is 3.15. The first-order valence-electron chi connectivity index (χ1n) is 8.86. The van der Waals surface area contributed by atoms with E-state index in [1.165, 1.54) is 4.57 Å². The van der Waals surface area contributed by atoms with Crippen LogP contribution in [0.25, 0.3) is 16.7 Å². The maximum atomic E-state index is 12.5. The molecule has 2 aromatic heterocycles. The van der Waals surface area contributed by atoms with Gasteiger partial charge in [0.05, 0.1) is 18.0 Å². The highest BCUT2D eigenvalue weighted by Crippen LogP contribution is 2.29. The summed E-state index contributed by atoms with van der Waals surface area (Å²) in [6.07, 6.45) is 2.60. The van der Waals surface area contributed by atoms with Crippen LogP contribution in [0.1, 0.15) is 11.4 Å². The summed E-state index contributed by atoms with van der Waals surface area (Å²) in [5, 5.41) is 9.02. The standard InChI is InChI=1S/C21H20N4O3/c1-4-7-14-10-11-17(18(12-14)27-3)28-13-19-22-23-21-24(2)20(26)15-8-5-6-9-16(15)25(19)21/h4-6,8-12H,1,7,13H2,2-3H3. The minimum absolute atomic E-state index is 0.109. The van der Waals surface area contributed by atoms with E-state index in [0.717, 1.165) is 17.5 Å². The van der Waals surface area contributed by atoms with Crippen LogP contribution in [-0.4, -0.2) is 26.3 Å². The number of aryl methyl sites for hydroxylation is 1. The van der Waals surface area contributed by atoms with E-state index in [4.69, 9.17) is 9.47 Å². The minimum Gasteiger partial charge on any atom is -0.493 e. The first kappa shape index (κ1) is 17.8. The highest BCUT2D eigenvalue weighted by molar-refractivity contribution is 5.80. The fourth-order valence-corrected chi connectivity index (χ4v) is 3.25. The van der Waals surface area contributed by atoms with Crippen molar-refractivity contribution in [1.82, 2.24) is 19.2 Å². The van der Waals surface area contributed by atoms with E-state index < -0.39 is 0 Å². The lowest BCUT2D eigenvalue weighted by atomic mass is 10.1. The highest BCUT2D eigenvalue weighted by atomic mass is 16.5. The maximum absolute atomic E-state index is 12.5. The van der Waals surface area contributed by atoms with Crippen LogP contribution in [0.15, 0.2) is 59.9 Å². The molecule has 0 aliphatic carbocycles. The minimum atomic E-state index is -0.109. The molecule has 2 aromatic carbocycles. The zero-order valence-corrected chi connectivity index (χ0v) is 15.8. The molecule has 0 saturated heterocycles. The molecule has 0 N–H and O–H groups in total. The second kappa shape index (κ2) is 7.19. The van der Waals surface area contributed by atoms with E-state index in [0.29, 0.717) is 28.5 Å². The molecular weight excluding hydrogens is 356 g/mol. The van der Waals surface area contributed by atoms with E-state index in [9.17, 15) is 4.79 Å². The van der Waals surface area contributed by atoms with Crippen LogP contribution in [0.4, 0.5) is 0 Å². The van der Waals surface area contributed by atoms with Gasteiger partial charge in [-0.1, -0.05) is 24.3 Å². The second-order valence-corrected chi connectivity index (χ2v) is 6.40. The van der Waals surface area contributed by atoms with Crippen LogP contribution < -0.4 is 15.0 Å². The van der Waals surface area contributed by atoms with Crippen LogP contribution in [0.2, 0.25) is 0 Å². The third-order valence-electron chi connectivity index (χ3n) is 4.66. The Balaban J connectivity index is 1.74. The Morgan fingerprint density at radius 3 is 2.75 bits per heavy atom. The smallest absolute Gasteiger partial charge is 0.262 e. The van der Waals surface area contributed by atoms with Crippen LogP contribution >= 0.6 is 0 Å². The van der Waals surface area contributed by atoms with Gasteiger partial charge in [0.25, 0.3) is 5.56 Å². The van der Waals surface area contributed by atoms with E-state index >= 15 is 0 Å². The molecule has 0 spiro atoms. The lowest BCUT2D eigenvalue weighted by Gasteiger charge is -2.12. The number of nitrogens with zero attached hydrogens (tertiary/aromatic N) is 4. The van der Waals surface area contributed by atoms with Gasteiger partial charge in [-0.3, -0.25) is 13.8 Å². The maximum Gasteiger partial charge on any atom is 0.262 e. The summed E-state index contributed by atoms with van der Waals surface area (Å²) < 4.78 is 14.8. The quantitative estimate of drug-likeness (QED) is 0.484. The molecular formula is C21H20N4O3. The lowest BCUT2D eigenvalue weighted by Crippen LogP contribution is -2.20. The van der Waals surface area contributed by atoms with Crippen LogP contribution in [0, 0.1) is 0 Å². The molecule has 4 aromatic rings. The molecule has 0 unspecified atom stereocenters. The molecule has 0 aliphatic heterocycles. The van der Waals surface area contributed by atoms with Crippen molar-refractivity contribution in [2.75, 3.05) is 7.11 Å². The normalized spacial score (nSPS) is 11.1. The largest absolute Gasteiger partial charge is 0.493 e. The van der Waals surface area contributed by atoms with Crippen LogP contribution in [0.5, 0.6) is 11.5 Å². The van der Waals surface area contributed by atoms with Crippen molar-refractivity contribution in [3.8, 4) is 11.5 Å². The van der Waals surface area contributed by atoms with Crippen LogP contribution in [-0.2, 0) is 20.1 Å². The van der Waals surface area contributed by atoms with E-state index in [1.54, 1.807) is 20.2 Å². The lowest BCUT2D eigenvalue weighted by molar-refractivity contribution is 0.275. The van der Waals surface area contributed by atoms with Gasteiger partial charge >= 0.3 is 0 Å². The number of aromatic nitrogens is 4. The number of hydrogen-bond donors (Lipinski definition) is 0. The third kappa shape index (κ3) is 2.90. The molecule has 0 amide bonds. The van der Waals surface area contributed by atoms with E-state index in [-0.39, 0.29) is 12.2 Å². The second-order valence-electron chi connectivity index (χ2n) is 6.40. The van der Waals surface area contributed by atoms with Gasteiger partial charge in [0.15, 0.2) is 17.3 Å². The van der Waals surface area contributed by atoms with Gasteiger partial charge in [0, 0.05) is 7.05 Å². The van der Waals surface area contributed by atoms with Crippen molar-refractivity contribution in [2.45, 2.75) is 13.0 Å². The highest BCUT2D eigenvalue weighted by Gasteiger charge is 2.15. The molecule has 7 heteroatoms. The predicted molar refractivity (Wildman–Crippen MR) is 107 cm³/mol. The summed E-state index contributed by atoms with van der Waals surface area (Å²) in [6, 6.07) is 13.2. The molecule has 0 bridgehead atoms. The Morgan fingerprint density at radius 1 is 1.14 bits per heavy atom. The van der Waals surface area contributed by atoms with Gasteiger partial charge < -0.3 is 9.47 Å². The van der Waals surface area contributed by atoms with Gasteiger partial charge in [-0.05, 0) is 36.2 Å². The molecule has 0 radical (unpaired) electrons. The molecule has 28 heavy (non-hydrogen) atoms. The molecule has 4 rings (SSSR count). The van der Waals surface area contributed by atoms with Crippen molar-refractivity contribution in [3.05, 3.63) is 76.9 Å². The first-order valence-corrected chi connectivity index (χ1v) is 8.86. The third-order valence-corrected chi connectivity index (χ3v) is 4.66. The zero-order chi connectivity index (χ0) is 19.7. The Kier molecular flexibility index (Phi) is 4.57. The summed E-state index contributed by atoms with van der Waals surface area (Å²) in [6.45, 7) is 3.94. The van der Waals surface area contributed by atoms with Crippen molar-refractivity contribution in [1.29, 1.82) is 0 Å². The van der Waals surface area contributed by atoms with Gasteiger partial charge in [0.2, 0.25) is 5.78 Å². The molecule has 0 atom stereocenters. The zero-order valence-electron chi connectivity index (χ0n) is 15.8. The Labute approximate surface area is 161 Å². The van der Waals surface area contributed by atoms with Crippen molar-refractivity contribution in [3.63, 3.8) is 0 Å². The number of ether oxygens (including phenoxy) is 2. The Morgan fingerprint density at radius 2 is 1.96 bits per heavy atom. The number of methoxy groups -OCH3 is 1. The molecule has 2 heterocycles. The molecule has 0 saturated carbocycles. The fraction of sp³-hybridized carbons (Fsp3) is 0.190. The number of fused-ring (bicyclic) bond motifs is 3. The van der Waals surface area contributed by atoms with Crippen molar-refractivity contribution < 1.29 is 9.47 Å². The molecule has 0 aliphatic rings. The number of hydrogen-bond acceptors (Lipinski definition) is 5. The fourth-order valence-electron chi connectivity index (χ4n) is 3.25. The van der Waals surface area contributed by atoms with Gasteiger partial charge in [-0.2, -0.15) is 0 Å². The number of rotatable bonds is 6. The first-order chi connectivity index (χ1) is 13.6. The summed E-state index contributed by atoms with van der Waals surface area (Å²) in [5.41, 5.74) is 1.73. The van der Waals surface area contributed by atoms with Gasteiger partial charge in [-0.25, -0.2) is 0 Å².